The van der Waals surface area contributed by atoms with Crippen LogP contribution in [0.25, 0.3) is 0 Å². The van der Waals surface area contributed by atoms with Crippen LogP contribution in [0.15, 0.2) is 24.5 Å². The van der Waals surface area contributed by atoms with Crippen LogP contribution >= 0.6 is 0 Å². The molecule has 120 valence electrons. The molecule has 3 rings (SSSR count). The minimum atomic E-state index is 0.266. The molecule has 3 heterocycles. The Bertz CT molecular complexity index is 499. The van der Waals surface area contributed by atoms with E-state index >= 15 is 0 Å². The number of hydrogen-bond acceptors (Lipinski definition) is 4. The van der Waals surface area contributed by atoms with Gasteiger partial charge in [-0.05, 0) is 50.6 Å². The Balaban J connectivity index is 1.52. The van der Waals surface area contributed by atoms with Crippen molar-refractivity contribution in [1.82, 2.24) is 20.1 Å². The van der Waals surface area contributed by atoms with Gasteiger partial charge in [0, 0.05) is 44.0 Å². The van der Waals surface area contributed by atoms with Gasteiger partial charge in [0.15, 0.2) is 0 Å². The fourth-order valence-corrected chi connectivity index (χ4v) is 3.75. The van der Waals surface area contributed by atoms with Crippen LogP contribution in [0.1, 0.15) is 24.8 Å². The summed E-state index contributed by atoms with van der Waals surface area (Å²) in [5.74, 6) is 0.266. The average Bonchev–Trinajstić information content (AvgIpc) is 2.96. The lowest BCUT2D eigenvalue weighted by Crippen LogP contribution is -2.49. The van der Waals surface area contributed by atoms with E-state index in [1.165, 1.54) is 18.4 Å². The fourth-order valence-electron chi connectivity index (χ4n) is 3.75. The molecule has 1 aromatic heterocycles. The molecular formula is C17H26N4O. The van der Waals surface area contributed by atoms with Gasteiger partial charge in [0.2, 0.25) is 5.91 Å². The molecule has 0 aliphatic carbocycles. The third kappa shape index (κ3) is 3.65. The number of pyridine rings is 1. The highest BCUT2D eigenvalue weighted by atomic mass is 16.2. The Morgan fingerprint density at radius 2 is 2.23 bits per heavy atom. The van der Waals surface area contributed by atoms with E-state index in [0.717, 1.165) is 39.1 Å². The van der Waals surface area contributed by atoms with E-state index in [4.69, 9.17) is 0 Å². The number of piperidine rings is 1. The van der Waals surface area contributed by atoms with Crippen molar-refractivity contribution in [3.8, 4) is 0 Å². The van der Waals surface area contributed by atoms with Gasteiger partial charge in [-0.1, -0.05) is 0 Å². The molecule has 1 aromatic rings. The summed E-state index contributed by atoms with van der Waals surface area (Å²) in [6.45, 7) is 5.31. The zero-order chi connectivity index (χ0) is 15.4. The molecular weight excluding hydrogens is 276 g/mol. The normalized spacial score (nSPS) is 25.1. The number of aromatic nitrogens is 1. The van der Waals surface area contributed by atoms with Crippen LogP contribution in [-0.2, 0) is 11.3 Å². The second kappa shape index (κ2) is 6.75. The molecule has 1 atom stereocenters. The SMILES string of the molecule is CN(CC(=O)N1CCC[C@@]2(CCNC2)C1)Cc1ccncc1. The summed E-state index contributed by atoms with van der Waals surface area (Å²) in [6, 6.07) is 4.00. The summed E-state index contributed by atoms with van der Waals surface area (Å²) >= 11 is 0. The third-order valence-corrected chi connectivity index (χ3v) is 4.95. The van der Waals surface area contributed by atoms with Crippen molar-refractivity contribution in [2.45, 2.75) is 25.8 Å². The topological polar surface area (TPSA) is 48.5 Å². The van der Waals surface area contributed by atoms with Gasteiger partial charge in [0.05, 0.1) is 6.54 Å². The number of nitrogens with one attached hydrogen (secondary N) is 1. The number of likely N-dealkylation sites (tertiary alicyclic amines) is 1. The van der Waals surface area contributed by atoms with Crippen molar-refractivity contribution in [2.75, 3.05) is 39.8 Å². The number of rotatable bonds is 4. The van der Waals surface area contributed by atoms with Crippen LogP contribution in [0, 0.1) is 5.41 Å². The Labute approximate surface area is 132 Å². The predicted molar refractivity (Wildman–Crippen MR) is 86.3 cm³/mol. The summed E-state index contributed by atoms with van der Waals surface area (Å²) in [4.78, 5) is 20.8. The molecule has 0 unspecified atom stereocenters. The first kappa shape index (κ1) is 15.4. The molecule has 0 radical (unpaired) electrons. The van der Waals surface area contributed by atoms with E-state index in [0.29, 0.717) is 12.0 Å². The molecule has 5 heteroatoms. The molecule has 2 aliphatic heterocycles. The second-order valence-corrected chi connectivity index (χ2v) is 6.87. The zero-order valence-electron chi connectivity index (χ0n) is 13.4. The molecule has 2 fully saturated rings. The highest BCUT2D eigenvalue weighted by Crippen LogP contribution is 2.35. The number of likely N-dealkylation sites (N-methyl/N-ethyl adjacent to an activating group) is 1. The van der Waals surface area contributed by atoms with Gasteiger partial charge in [-0.2, -0.15) is 0 Å². The Hall–Kier alpha value is -1.46. The maximum Gasteiger partial charge on any atom is 0.236 e. The van der Waals surface area contributed by atoms with E-state index in [-0.39, 0.29) is 5.91 Å². The van der Waals surface area contributed by atoms with Crippen LogP contribution in [0.2, 0.25) is 0 Å². The molecule has 0 saturated carbocycles. The van der Waals surface area contributed by atoms with Gasteiger partial charge >= 0.3 is 0 Å². The van der Waals surface area contributed by atoms with Crippen molar-refractivity contribution in [2.24, 2.45) is 5.41 Å². The lowest BCUT2D eigenvalue weighted by molar-refractivity contribution is -0.135. The minimum Gasteiger partial charge on any atom is -0.341 e. The highest BCUT2D eigenvalue weighted by Gasteiger charge is 2.39. The van der Waals surface area contributed by atoms with Gasteiger partial charge in [-0.15, -0.1) is 0 Å². The number of nitrogens with zero attached hydrogens (tertiary/aromatic N) is 3. The second-order valence-electron chi connectivity index (χ2n) is 6.87. The first-order valence-corrected chi connectivity index (χ1v) is 8.23. The number of amides is 1. The molecule has 1 spiro atoms. The molecule has 1 N–H and O–H groups in total. The van der Waals surface area contributed by atoms with E-state index in [1.54, 1.807) is 12.4 Å². The van der Waals surface area contributed by atoms with Crippen molar-refractivity contribution in [3.63, 3.8) is 0 Å². The summed E-state index contributed by atoms with van der Waals surface area (Å²) in [5, 5.41) is 3.46. The molecule has 1 amide bonds. The average molecular weight is 302 g/mol. The van der Waals surface area contributed by atoms with E-state index < -0.39 is 0 Å². The van der Waals surface area contributed by atoms with E-state index in [2.05, 4.69) is 20.1 Å². The van der Waals surface area contributed by atoms with E-state index in [9.17, 15) is 4.79 Å². The largest absolute Gasteiger partial charge is 0.341 e. The molecule has 5 nitrogen and oxygen atoms in total. The summed E-state index contributed by atoms with van der Waals surface area (Å²) in [5.41, 5.74) is 1.54. The summed E-state index contributed by atoms with van der Waals surface area (Å²) < 4.78 is 0. The smallest absolute Gasteiger partial charge is 0.236 e. The fraction of sp³-hybridized carbons (Fsp3) is 0.647. The monoisotopic (exact) mass is 302 g/mol. The van der Waals surface area contributed by atoms with E-state index in [1.807, 2.05) is 19.2 Å². The van der Waals surface area contributed by atoms with Gasteiger partial charge in [-0.25, -0.2) is 0 Å². The van der Waals surface area contributed by atoms with Crippen molar-refractivity contribution >= 4 is 5.91 Å². The van der Waals surface area contributed by atoms with Crippen LogP contribution in [0.4, 0.5) is 0 Å². The molecule has 2 saturated heterocycles. The maximum absolute atomic E-state index is 12.6. The van der Waals surface area contributed by atoms with Crippen LogP contribution in [-0.4, -0.2) is 60.5 Å². The van der Waals surface area contributed by atoms with Crippen molar-refractivity contribution in [1.29, 1.82) is 0 Å². The highest BCUT2D eigenvalue weighted by molar-refractivity contribution is 5.78. The van der Waals surface area contributed by atoms with Gasteiger partial charge in [0.25, 0.3) is 0 Å². The van der Waals surface area contributed by atoms with Gasteiger partial charge in [0.1, 0.15) is 0 Å². The standard InChI is InChI=1S/C17H26N4O/c1-20(11-15-3-7-18-8-4-15)12-16(22)21-10-2-5-17(14-21)6-9-19-13-17/h3-4,7-8,19H,2,5-6,9-14H2,1H3/t17-/m0/s1. The Morgan fingerprint density at radius 3 is 2.95 bits per heavy atom. The van der Waals surface area contributed by atoms with Gasteiger partial charge < -0.3 is 10.2 Å². The molecule has 0 bridgehead atoms. The summed E-state index contributed by atoms with van der Waals surface area (Å²) in [7, 11) is 2.01. The van der Waals surface area contributed by atoms with Crippen molar-refractivity contribution in [3.05, 3.63) is 30.1 Å². The van der Waals surface area contributed by atoms with Gasteiger partial charge in [-0.3, -0.25) is 14.7 Å². The lowest BCUT2D eigenvalue weighted by Gasteiger charge is -2.40. The van der Waals surface area contributed by atoms with Crippen molar-refractivity contribution < 1.29 is 4.79 Å². The lowest BCUT2D eigenvalue weighted by atomic mass is 9.79. The number of hydrogen-bond donors (Lipinski definition) is 1. The number of carbonyl (C=O) groups excluding carboxylic acids is 1. The predicted octanol–water partition coefficient (Wildman–Crippen LogP) is 1.12. The summed E-state index contributed by atoms with van der Waals surface area (Å²) in [6.07, 6.45) is 7.21. The minimum absolute atomic E-state index is 0.266. The first-order chi connectivity index (χ1) is 10.7. The maximum atomic E-state index is 12.6. The molecule has 22 heavy (non-hydrogen) atoms. The number of carbonyl (C=O) groups is 1. The van der Waals surface area contributed by atoms with Crippen LogP contribution < -0.4 is 5.32 Å². The van der Waals surface area contributed by atoms with Crippen LogP contribution in [0.3, 0.4) is 0 Å². The Kier molecular flexibility index (Phi) is 4.74. The third-order valence-electron chi connectivity index (χ3n) is 4.95. The molecule has 0 aromatic carbocycles. The Morgan fingerprint density at radius 1 is 1.41 bits per heavy atom. The molecule has 2 aliphatic rings. The zero-order valence-corrected chi connectivity index (χ0v) is 13.4. The quantitative estimate of drug-likeness (QED) is 0.905. The van der Waals surface area contributed by atoms with Crippen LogP contribution in [0.5, 0.6) is 0 Å². The first-order valence-electron chi connectivity index (χ1n) is 8.23.